The van der Waals surface area contributed by atoms with Gasteiger partial charge in [-0.15, -0.1) is 0 Å². The van der Waals surface area contributed by atoms with E-state index >= 15 is 0 Å². The summed E-state index contributed by atoms with van der Waals surface area (Å²) in [4.78, 5) is 11.8. The minimum absolute atomic E-state index is 0.230. The van der Waals surface area contributed by atoms with Crippen molar-refractivity contribution in [1.29, 1.82) is 0 Å². The number of benzene rings is 1. The maximum Gasteiger partial charge on any atom is 0.252 e. The number of hydrogen-bond acceptors (Lipinski definition) is 3. The first kappa shape index (κ1) is 14.8. The monoisotopic (exact) mass is 270 g/mol. The fourth-order valence-corrected chi connectivity index (χ4v) is 1.62. The summed E-state index contributed by atoms with van der Waals surface area (Å²) in [7, 11) is 0. The number of unbranched alkanes of at least 4 members (excludes halogenated alkanes) is 1. The molecule has 0 saturated carbocycles. The fourth-order valence-electron chi connectivity index (χ4n) is 1.41. The van der Waals surface area contributed by atoms with E-state index in [4.69, 9.17) is 22.1 Å². The Morgan fingerprint density at radius 1 is 1.44 bits per heavy atom. The van der Waals surface area contributed by atoms with Gasteiger partial charge in [-0.25, -0.2) is 0 Å². The molecule has 0 unspecified atom stereocenters. The van der Waals surface area contributed by atoms with Gasteiger partial charge in [-0.2, -0.15) is 0 Å². The first-order chi connectivity index (χ1) is 8.66. The summed E-state index contributed by atoms with van der Waals surface area (Å²) in [5, 5.41) is 3.03. The van der Waals surface area contributed by atoms with E-state index in [1.807, 2.05) is 0 Å². The molecule has 0 radical (unpaired) electrons. The first-order valence-electron chi connectivity index (χ1n) is 6.06. The molecular formula is C13H19ClN2O2. The minimum Gasteiger partial charge on any atom is -0.398 e. The Kier molecular flexibility index (Phi) is 6.54. The standard InChI is InChI=1S/C13H19ClN2O2/c1-2-3-8-18-9-7-16-13(17)10-5-4-6-11(15)12(10)14/h4-6H,2-3,7-9,15H2,1H3,(H,16,17). The van der Waals surface area contributed by atoms with E-state index in [0.29, 0.717) is 29.4 Å². The summed E-state index contributed by atoms with van der Waals surface area (Å²) in [6.07, 6.45) is 2.14. The number of nitrogens with two attached hydrogens (primary N) is 1. The number of rotatable bonds is 7. The van der Waals surface area contributed by atoms with Crippen molar-refractivity contribution < 1.29 is 9.53 Å². The molecule has 0 atom stereocenters. The summed E-state index contributed by atoms with van der Waals surface area (Å²) in [6, 6.07) is 5.01. The third-order valence-electron chi connectivity index (χ3n) is 2.45. The van der Waals surface area contributed by atoms with E-state index in [0.717, 1.165) is 19.4 Å². The molecule has 0 bridgehead atoms. The van der Waals surface area contributed by atoms with E-state index in [2.05, 4.69) is 12.2 Å². The van der Waals surface area contributed by atoms with Crippen LogP contribution < -0.4 is 11.1 Å². The number of nitrogens with one attached hydrogen (secondary N) is 1. The molecule has 3 N–H and O–H groups in total. The molecule has 0 aliphatic carbocycles. The number of anilines is 1. The van der Waals surface area contributed by atoms with Gasteiger partial charge in [0.15, 0.2) is 0 Å². The molecule has 1 aromatic rings. The highest BCUT2D eigenvalue weighted by atomic mass is 35.5. The van der Waals surface area contributed by atoms with Crippen LogP contribution in [0.3, 0.4) is 0 Å². The molecule has 0 fully saturated rings. The Morgan fingerprint density at radius 3 is 2.94 bits per heavy atom. The lowest BCUT2D eigenvalue weighted by atomic mass is 10.2. The number of amides is 1. The van der Waals surface area contributed by atoms with Gasteiger partial charge in [-0.3, -0.25) is 4.79 Å². The Labute approximate surface area is 112 Å². The predicted octanol–water partition coefficient (Wildman–Crippen LogP) is 2.47. The molecule has 100 valence electrons. The predicted molar refractivity (Wildman–Crippen MR) is 73.9 cm³/mol. The van der Waals surface area contributed by atoms with Crippen LogP contribution in [0.2, 0.25) is 5.02 Å². The fraction of sp³-hybridized carbons (Fsp3) is 0.462. The van der Waals surface area contributed by atoms with E-state index in [1.165, 1.54) is 0 Å². The average Bonchev–Trinajstić information content (AvgIpc) is 2.36. The van der Waals surface area contributed by atoms with Crippen molar-refractivity contribution in [3.8, 4) is 0 Å². The van der Waals surface area contributed by atoms with Gasteiger partial charge in [0, 0.05) is 13.2 Å². The van der Waals surface area contributed by atoms with Gasteiger partial charge >= 0.3 is 0 Å². The zero-order valence-corrected chi connectivity index (χ0v) is 11.3. The maximum absolute atomic E-state index is 11.8. The van der Waals surface area contributed by atoms with Crippen molar-refractivity contribution in [2.24, 2.45) is 0 Å². The lowest BCUT2D eigenvalue weighted by Crippen LogP contribution is -2.27. The molecule has 0 heterocycles. The zero-order chi connectivity index (χ0) is 13.4. The van der Waals surface area contributed by atoms with Gasteiger partial charge in [0.1, 0.15) is 0 Å². The number of nitrogen functional groups attached to an aromatic ring is 1. The smallest absolute Gasteiger partial charge is 0.252 e. The normalized spacial score (nSPS) is 10.3. The number of carbonyl (C=O) groups is 1. The molecule has 1 aromatic carbocycles. The Hall–Kier alpha value is -1.26. The summed E-state index contributed by atoms with van der Waals surface area (Å²) in [5.74, 6) is -0.230. The Morgan fingerprint density at radius 2 is 2.22 bits per heavy atom. The molecule has 1 rings (SSSR count). The van der Waals surface area contributed by atoms with Crippen molar-refractivity contribution in [3.63, 3.8) is 0 Å². The third kappa shape index (κ3) is 4.55. The van der Waals surface area contributed by atoms with Crippen LogP contribution in [0.5, 0.6) is 0 Å². The molecule has 18 heavy (non-hydrogen) atoms. The second-order valence-electron chi connectivity index (χ2n) is 3.93. The van der Waals surface area contributed by atoms with Crippen molar-refractivity contribution in [1.82, 2.24) is 5.32 Å². The first-order valence-corrected chi connectivity index (χ1v) is 6.44. The lowest BCUT2D eigenvalue weighted by molar-refractivity contribution is 0.0913. The molecule has 4 nitrogen and oxygen atoms in total. The van der Waals surface area contributed by atoms with Gasteiger partial charge in [0.2, 0.25) is 0 Å². The quantitative estimate of drug-likeness (QED) is 0.591. The van der Waals surface area contributed by atoms with Crippen LogP contribution in [0.15, 0.2) is 18.2 Å². The van der Waals surface area contributed by atoms with Crippen molar-refractivity contribution in [3.05, 3.63) is 28.8 Å². The van der Waals surface area contributed by atoms with E-state index < -0.39 is 0 Å². The second-order valence-corrected chi connectivity index (χ2v) is 4.31. The van der Waals surface area contributed by atoms with Crippen molar-refractivity contribution >= 4 is 23.2 Å². The molecule has 0 aliphatic heterocycles. The van der Waals surface area contributed by atoms with Crippen molar-refractivity contribution in [2.45, 2.75) is 19.8 Å². The highest BCUT2D eigenvalue weighted by molar-refractivity contribution is 6.36. The van der Waals surface area contributed by atoms with Crippen LogP contribution in [-0.2, 0) is 4.74 Å². The SMILES string of the molecule is CCCCOCCNC(=O)c1cccc(N)c1Cl. The highest BCUT2D eigenvalue weighted by Gasteiger charge is 2.11. The van der Waals surface area contributed by atoms with E-state index in [1.54, 1.807) is 18.2 Å². The van der Waals surface area contributed by atoms with Gasteiger partial charge < -0.3 is 15.8 Å². The van der Waals surface area contributed by atoms with Crippen LogP contribution in [0, 0.1) is 0 Å². The van der Waals surface area contributed by atoms with Crippen LogP contribution in [0.1, 0.15) is 30.1 Å². The van der Waals surface area contributed by atoms with Crippen LogP contribution in [0.4, 0.5) is 5.69 Å². The minimum atomic E-state index is -0.230. The van der Waals surface area contributed by atoms with Crippen LogP contribution in [0.25, 0.3) is 0 Å². The number of ether oxygens (including phenoxy) is 1. The molecule has 1 amide bonds. The van der Waals surface area contributed by atoms with E-state index in [-0.39, 0.29) is 5.91 Å². The summed E-state index contributed by atoms with van der Waals surface area (Å²) in [6.45, 7) is 3.80. The largest absolute Gasteiger partial charge is 0.398 e. The van der Waals surface area contributed by atoms with Crippen LogP contribution >= 0.6 is 11.6 Å². The number of hydrogen-bond donors (Lipinski definition) is 2. The van der Waals surface area contributed by atoms with Gasteiger partial charge in [0.25, 0.3) is 5.91 Å². The lowest BCUT2D eigenvalue weighted by Gasteiger charge is -2.08. The van der Waals surface area contributed by atoms with Crippen LogP contribution in [-0.4, -0.2) is 25.7 Å². The zero-order valence-electron chi connectivity index (χ0n) is 10.5. The Balaban J connectivity index is 2.35. The molecule has 0 aromatic heterocycles. The summed E-state index contributed by atoms with van der Waals surface area (Å²) in [5.41, 5.74) is 6.43. The molecule has 0 aliphatic rings. The van der Waals surface area contributed by atoms with Crippen molar-refractivity contribution in [2.75, 3.05) is 25.5 Å². The summed E-state index contributed by atoms with van der Waals surface area (Å²) >= 11 is 5.95. The number of carbonyl (C=O) groups excluding carboxylic acids is 1. The van der Waals surface area contributed by atoms with Gasteiger partial charge in [-0.1, -0.05) is 31.0 Å². The van der Waals surface area contributed by atoms with Gasteiger partial charge in [0.05, 0.1) is 22.9 Å². The maximum atomic E-state index is 11.8. The average molecular weight is 271 g/mol. The topological polar surface area (TPSA) is 64.3 Å². The third-order valence-corrected chi connectivity index (χ3v) is 2.87. The van der Waals surface area contributed by atoms with E-state index in [9.17, 15) is 4.79 Å². The summed E-state index contributed by atoms with van der Waals surface area (Å²) < 4.78 is 5.34. The molecule has 0 spiro atoms. The second kappa shape index (κ2) is 7.95. The molecule has 0 saturated heterocycles. The Bertz CT molecular complexity index is 397. The molecular weight excluding hydrogens is 252 g/mol. The number of halogens is 1. The highest BCUT2D eigenvalue weighted by Crippen LogP contribution is 2.22. The van der Waals surface area contributed by atoms with Gasteiger partial charge in [-0.05, 0) is 18.6 Å². The molecule has 5 heteroatoms.